The van der Waals surface area contributed by atoms with Crippen LogP contribution in [0, 0.1) is 11.6 Å². The van der Waals surface area contributed by atoms with Crippen molar-refractivity contribution in [3.8, 4) is 5.75 Å². The minimum absolute atomic E-state index is 0.0675. The highest BCUT2D eigenvalue weighted by atomic mass is 79.9. The number of primary sulfonamides is 1. The second-order valence-electron chi connectivity index (χ2n) is 4.20. The van der Waals surface area contributed by atoms with E-state index < -0.39 is 21.7 Å². The van der Waals surface area contributed by atoms with Crippen LogP contribution in [0.5, 0.6) is 5.75 Å². The van der Waals surface area contributed by atoms with Crippen molar-refractivity contribution in [2.75, 3.05) is 0 Å². The zero-order valence-corrected chi connectivity index (χ0v) is 12.9. The van der Waals surface area contributed by atoms with Crippen molar-refractivity contribution in [1.29, 1.82) is 0 Å². The molecule has 0 aliphatic heterocycles. The van der Waals surface area contributed by atoms with E-state index in [2.05, 4.69) is 15.9 Å². The lowest BCUT2D eigenvalue weighted by Gasteiger charge is -2.09. The van der Waals surface area contributed by atoms with Crippen molar-refractivity contribution in [2.45, 2.75) is 11.5 Å². The average Bonchev–Trinajstić information content (AvgIpc) is 2.35. The van der Waals surface area contributed by atoms with Gasteiger partial charge in [0, 0.05) is 6.07 Å². The van der Waals surface area contributed by atoms with Crippen LogP contribution in [-0.4, -0.2) is 8.42 Å². The smallest absolute Gasteiger partial charge is 0.238 e. The molecule has 8 heteroatoms. The summed E-state index contributed by atoms with van der Waals surface area (Å²) in [5.41, 5.74) is 0.315. The summed E-state index contributed by atoms with van der Waals surface area (Å²) in [5, 5.41) is 5.00. The fourth-order valence-corrected chi connectivity index (χ4v) is 2.82. The Kier molecular flexibility index (Phi) is 4.60. The Bertz CT molecular complexity index is 761. The highest BCUT2D eigenvalue weighted by molar-refractivity contribution is 9.10. The van der Waals surface area contributed by atoms with E-state index in [0.717, 1.165) is 18.2 Å². The van der Waals surface area contributed by atoms with Crippen molar-refractivity contribution < 1.29 is 21.9 Å². The summed E-state index contributed by atoms with van der Waals surface area (Å²) in [6, 6.07) is 7.03. The number of hydrogen-bond donors (Lipinski definition) is 1. The molecule has 0 aliphatic rings. The predicted molar refractivity (Wildman–Crippen MR) is 76.2 cm³/mol. The summed E-state index contributed by atoms with van der Waals surface area (Å²) in [6.07, 6.45) is 0. The maximum absolute atomic E-state index is 13.0. The molecule has 2 aromatic rings. The molecule has 21 heavy (non-hydrogen) atoms. The molecule has 4 nitrogen and oxygen atoms in total. The van der Waals surface area contributed by atoms with E-state index in [0.29, 0.717) is 15.8 Å². The lowest BCUT2D eigenvalue weighted by atomic mass is 10.2. The number of benzene rings is 2. The molecule has 0 heterocycles. The summed E-state index contributed by atoms with van der Waals surface area (Å²) in [7, 11) is -3.81. The van der Waals surface area contributed by atoms with Crippen molar-refractivity contribution in [3.63, 3.8) is 0 Å². The van der Waals surface area contributed by atoms with E-state index in [9.17, 15) is 17.2 Å². The Hall–Kier alpha value is -1.51. The topological polar surface area (TPSA) is 69.4 Å². The zero-order valence-electron chi connectivity index (χ0n) is 10.5. The van der Waals surface area contributed by atoms with E-state index >= 15 is 0 Å². The molecule has 0 atom stereocenters. The van der Waals surface area contributed by atoms with Crippen LogP contribution >= 0.6 is 15.9 Å². The Morgan fingerprint density at radius 2 is 1.71 bits per heavy atom. The summed E-state index contributed by atoms with van der Waals surface area (Å²) in [5.74, 6) is -1.07. The van der Waals surface area contributed by atoms with Crippen LogP contribution in [0.1, 0.15) is 5.56 Å². The largest absolute Gasteiger partial charge is 0.488 e. The Labute approximate surface area is 128 Å². The molecule has 2 aromatic carbocycles. The second-order valence-corrected chi connectivity index (χ2v) is 6.62. The predicted octanol–water partition coefficient (Wildman–Crippen LogP) is 2.95. The molecule has 0 fully saturated rings. The summed E-state index contributed by atoms with van der Waals surface area (Å²) in [4.78, 5) is -0.0708. The third-order valence-corrected chi connectivity index (χ3v) is 4.08. The molecular formula is C13H10BrF2NO3S. The molecular weight excluding hydrogens is 368 g/mol. The molecule has 112 valence electrons. The van der Waals surface area contributed by atoms with Crippen LogP contribution in [0.2, 0.25) is 0 Å². The highest BCUT2D eigenvalue weighted by Gasteiger charge is 2.11. The lowest BCUT2D eigenvalue weighted by Crippen LogP contribution is -2.12. The monoisotopic (exact) mass is 377 g/mol. The number of ether oxygens (including phenoxy) is 1. The van der Waals surface area contributed by atoms with Gasteiger partial charge < -0.3 is 4.74 Å². The van der Waals surface area contributed by atoms with Gasteiger partial charge in [-0.05, 0) is 51.8 Å². The van der Waals surface area contributed by atoms with Gasteiger partial charge in [0.15, 0.2) is 0 Å². The minimum Gasteiger partial charge on any atom is -0.488 e. The first-order valence-electron chi connectivity index (χ1n) is 5.66. The van der Waals surface area contributed by atoms with E-state index in [1.807, 2.05) is 0 Å². The second kappa shape index (κ2) is 6.08. The first kappa shape index (κ1) is 15.9. The molecule has 2 N–H and O–H groups in total. The zero-order chi connectivity index (χ0) is 15.6. The van der Waals surface area contributed by atoms with E-state index in [4.69, 9.17) is 9.88 Å². The molecule has 0 saturated carbocycles. The van der Waals surface area contributed by atoms with Crippen LogP contribution < -0.4 is 9.88 Å². The summed E-state index contributed by atoms with van der Waals surface area (Å²) >= 11 is 3.15. The van der Waals surface area contributed by atoms with Crippen molar-refractivity contribution in [2.24, 2.45) is 5.14 Å². The van der Waals surface area contributed by atoms with Gasteiger partial charge in [-0.2, -0.15) is 0 Å². The number of hydrogen-bond acceptors (Lipinski definition) is 3. The van der Waals surface area contributed by atoms with E-state index in [1.165, 1.54) is 18.2 Å². The van der Waals surface area contributed by atoms with Crippen molar-refractivity contribution in [3.05, 3.63) is 58.1 Å². The lowest BCUT2D eigenvalue weighted by molar-refractivity contribution is 0.302. The van der Waals surface area contributed by atoms with Gasteiger partial charge in [0.2, 0.25) is 10.0 Å². The number of nitrogens with two attached hydrogens (primary N) is 1. The Balaban J connectivity index is 2.17. The minimum atomic E-state index is -3.81. The van der Waals surface area contributed by atoms with Gasteiger partial charge in [-0.3, -0.25) is 0 Å². The summed E-state index contributed by atoms with van der Waals surface area (Å²) in [6.45, 7) is -0.0675. The Morgan fingerprint density at radius 1 is 1.10 bits per heavy atom. The van der Waals surface area contributed by atoms with E-state index in [-0.39, 0.29) is 11.5 Å². The molecule has 0 radical (unpaired) electrons. The molecule has 2 rings (SSSR count). The average molecular weight is 378 g/mol. The molecule has 0 unspecified atom stereocenters. The van der Waals surface area contributed by atoms with Gasteiger partial charge in [-0.25, -0.2) is 22.3 Å². The van der Waals surface area contributed by atoms with Crippen LogP contribution in [-0.2, 0) is 16.6 Å². The van der Waals surface area contributed by atoms with Gasteiger partial charge in [-0.15, -0.1) is 0 Å². The molecule has 0 amide bonds. The standard InChI is InChI=1S/C13H10BrF2NO3S/c14-12-6-11(21(17,18)19)1-2-13(12)20-7-8-3-9(15)5-10(16)4-8/h1-6H,7H2,(H2,17,18,19). The van der Waals surface area contributed by atoms with E-state index in [1.54, 1.807) is 0 Å². The maximum atomic E-state index is 13.0. The van der Waals surface area contributed by atoms with Gasteiger partial charge in [0.1, 0.15) is 24.0 Å². The molecule has 0 bridgehead atoms. The maximum Gasteiger partial charge on any atom is 0.238 e. The van der Waals surface area contributed by atoms with Gasteiger partial charge in [-0.1, -0.05) is 0 Å². The fraction of sp³-hybridized carbons (Fsp3) is 0.0769. The molecule has 0 saturated heterocycles. The third kappa shape index (κ3) is 4.23. The number of rotatable bonds is 4. The van der Waals surface area contributed by atoms with Crippen molar-refractivity contribution in [1.82, 2.24) is 0 Å². The number of sulfonamides is 1. The van der Waals surface area contributed by atoms with Gasteiger partial charge >= 0.3 is 0 Å². The van der Waals surface area contributed by atoms with Crippen molar-refractivity contribution >= 4 is 26.0 Å². The fourth-order valence-electron chi connectivity index (χ4n) is 1.63. The van der Waals surface area contributed by atoms with Crippen LogP contribution in [0.15, 0.2) is 45.8 Å². The first-order chi connectivity index (χ1) is 9.75. The summed E-state index contributed by atoms with van der Waals surface area (Å²) < 4.78 is 54.2. The molecule has 0 spiro atoms. The van der Waals surface area contributed by atoms with Crippen LogP contribution in [0.25, 0.3) is 0 Å². The van der Waals surface area contributed by atoms with Crippen LogP contribution in [0.4, 0.5) is 8.78 Å². The quantitative estimate of drug-likeness (QED) is 0.890. The third-order valence-electron chi connectivity index (χ3n) is 2.55. The first-order valence-corrected chi connectivity index (χ1v) is 8.00. The van der Waals surface area contributed by atoms with Gasteiger partial charge in [0.25, 0.3) is 0 Å². The van der Waals surface area contributed by atoms with Gasteiger partial charge in [0.05, 0.1) is 9.37 Å². The Morgan fingerprint density at radius 3 is 2.24 bits per heavy atom. The highest BCUT2D eigenvalue weighted by Crippen LogP contribution is 2.28. The molecule has 0 aliphatic carbocycles. The SMILES string of the molecule is NS(=O)(=O)c1ccc(OCc2cc(F)cc(F)c2)c(Br)c1. The molecule has 0 aromatic heterocycles. The number of halogens is 3. The van der Waals surface area contributed by atoms with Crippen LogP contribution in [0.3, 0.4) is 0 Å². The normalized spacial score (nSPS) is 11.4.